The molecule has 0 spiro atoms. The highest BCUT2D eigenvalue weighted by atomic mass is 32.1. The molecule has 146 valence electrons. The molecule has 4 rings (SSSR count). The van der Waals surface area contributed by atoms with Gasteiger partial charge in [0.2, 0.25) is 0 Å². The average Bonchev–Trinajstić information content (AvgIpc) is 3.29. The number of thiazole rings is 1. The third-order valence-electron chi connectivity index (χ3n) is 4.98. The number of carbonyl (C=O) groups is 2. The van der Waals surface area contributed by atoms with Crippen LogP contribution in [0, 0.1) is 11.7 Å². The molecular formula is C20H20FN3O3S. The fourth-order valence-corrected chi connectivity index (χ4v) is 4.32. The lowest BCUT2D eigenvalue weighted by molar-refractivity contribution is -0.149. The third kappa shape index (κ3) is 3.40. The fraction of sp³-hybridized carbons (Fsp3) is 0.350. The molecule has 1 saturated heterocycles. The van der Waals surface area contributed by atoms with Gasteiger partial charge in [-0.15, -0.1) is 11.3 Å². The topological polar surface area (TPSA) is 63.9 Å². The number of amides is 1. The number of hydrogen-bond acceptors (Lipinski definition) is 5. The van der Waals surface area contributed by atoms with E-state index in [1.165, 1.54) is 17.4 Å². The van der Waals surface area contributed by atoms with E-state index in [1.807, 2.05) is 0 Å². The van der Waals surface area contributed by atoms with Crippen LogP contribution in [0.1, 0.15) is 30.3 Å². The lowest BCUT2D eigenvalue weighted by Crippen LogP contribution is -2.41. The largest absolute Gasteiger partial charge is 0.466 e. The van der Waals surface area contributed by atoms with E-state index >= 15 is 0 Å². The second-order valence-corrected chi connectivity index (χ2v) is 7.53. The molecule has 0 saturated carbocycles. The number of halogens is 1. The molecule has 1 aliphatic heterocycles. The molecular weight excluding hydrogens is 381 g/mol. The Bertz CT molecular complexity index is 1020. The number of fused-ring (bicyclic) bond motifs is 1. The minimum absolute atomic E-state index is 0.106. The number of ether oxygens (including phenoxy) is 1. The van der Waals surface area contributed by atoms with Gasteiger partial charge in [0.1, 0.15) is 11.5 Å². The van der Waals surface area contributed by atoms with E-state index in [9.17, 15) is 14.0 Å². The minimum Gasteiger partial charge on any atom is -0.466 e. The summed E-state index contributed by atoms with van der Waals surface area (Å²) in [4.78, 5) is 31.7. The van der Waals surface area contributed by atoms with Crippen molar-refractivity contribution in [1.82, 2.24) is 14.3 Å². The summed E-state index contributed by atoms with van der Waals surface area (Å²) in [5, 5.41) is 1.77. The van der Waals surface area contributed by atoms with E-state index in [1.54, 1.807) is 46.0 Å². The lowest BCUT2D eigenvalue weighted by Gasteiger charge is -2.30. The Hall–Kier alpha value is -2.74. The zero-order valence-corrected chi connectivity index (χ0v) is 16.2. The van der Waals surface area contributed by atoms with Gasteiger partial charge in [-0.05, 0) is 31.9 Å². The maximum Gasteiger partial charge on any atom is 0.309 e. The second-order valence-electron chi connectivity index (χ2n) is 6.70. The van der Waals surface area contributed by atoms with E-state index in [0.717, 1.165) is 0 Å². The number of likely N-dealkylation sites (tertiary alicyclic amines) is 1. The Morgan fingerprint density at radius 1 is 1.29 bits per heavy atom. The zero-order valence-electron chi connectivity index (χ0n) is 15.4. The summed E-state index contributed by atoms with van der Waals surface area (Å²) in [6.07, 6.45) is 2.90. The molecule has 0 N–H and O–H groups in total. The van der Waals surface area contributed by atoms with Crippen molar-refractivity contribution in [3.05, 3.63) is 47.4 Å². The first kappa shape index (κ1) is 18.6. The molecule has 1 amide bonds. The van der Waals surface area contributed by atoms with Gasteiger partial charge in [-0.2, -0.15) is 0 Å². The Balaban J connectivity index is 1.53. The van der Waals surface area contributed by atoms with Gasteiger partial charge in [-0.3, -0.25) is 14.0 Å². The van der Waals surface area contributed by atoms with Crippen LogP contribution in [0.15, 0.2) is 35.8 Å². The van der Waals surface area contributed by atoms with E-state index in [2.05, 4.69) is 4.98 Å². The predicted molar refractivity (Wildman–Crippen MR) is 104 cm³/mol. The van der Waals surface area contributed by atoms with Crippen LogP contribution in [0.25, 0.3) is 16.2 Å². The average molecular weight is 401 g/mol. The van der Waals surface area contributed by atoms with E-state index in [4.69, 9.17) is 4.74 Å². The van der Waals surface area contributed by atoms with Gasteiger partial charge in [-0.1, -0.05) is 12.1 Å². The summed E-state index contributed by atoms with van der Waals surface area (Å²) in [5.41, 5.74) is 1.41. The molecule has 3 heterocycles. The summed E-state index contributed by atoms with van der Waals surface area (Å²) in [7, 11) is 0. The molecule has 0 radical (unpaired) electrons. The molecule has 1 fully saturated rings. The van der Waals surface area contributed by atoms with Crippen LogP contribution in [0.5, 0.6) is 0 Å². The highest BCUT2D eigenvalue weighted by molar-refractivity contribution is 7.15. The Morgan fingerprint density at radius 3 is 2.75 bits per heavy atom. The van der Waals surface area contributed by atoms with Crippen molar-refractivity contribution in [2.75, 3.05) is 19.7 Å². The number of piperidine rings is 1. The van der Waals surface area contributed by atoms with Crippen LogP contribution in [0.3, 0.4) is 0 Å². The van der Waals surface area contributed by atoms with E-state index in [-0.39, 0.29) is 23.6 Å². The molecule has 1 aliphatic rings. The standard InChI is InChI=1S/C20H20FN3O3S/c1-2-27-19(26)13-7-9-23(10-8-13)18(25)17-12-28-20-22-16(11-24(17)20)14-5-3-4-6-15(14)21/h3-6,11-13H,2,7-10H2,1H3. The third-order valence-corrected chi connectivity index (χ3v) is 5.82. The molecule has 1 aromatic carbocycles. The van der Waals surface area contributed by atoms with Crippen molar-refractivity contribution in [3.63, 3.8) is 0 Å². The first-order chi connectivity index (χ1) is 13.6. The first-order valence-corrected chi connectivity index (χ1v) is 10.1. The van der Waals surface area contributed by atoms with Gasteiger partial charge >= 0.3 is 5.97 Å². The monoisotopic (exact) mass is 401 g/mol. The van der Waals surface area contributed by atoms with Gasteiger partial charge in [-0.25, -0.2) is 9.37 Å². The summed E-state index contributed by atoms with van der Waals surface area (Å²) < 4.78 is 20.9. The van der Waals surface area contributed by atoms with Crippen LogP contribution in [-0.2, 0) is 9.53 Å². The molecule has 8 heteroatoms. The van der Waals surface area contributed by atoms with Crippen LogP contribution in [0.2, 0.25) is 0 Å². The molecule has 6 nitrogen and oxygen atoms in total. The summed E-state index contributed by atoms with van der Waals surface area (Å²) in [6, 6.07) is 6.45. The normalized spacial score (nSPS) is 15.1. The number of hydrogen-bond donors (Lipinski definition) is 0. The summed E-state index contributed by atoms with van der Waals surface area (Å²) in [6.45, 7) is 3.18. The van der Waals surface area contributed by atoms with Crippen LogP contribution >= 0.6 is 11.3 Å². The maximum absolute atomic E-state index is 14.1. The first-order valence-electron chi connectivity index (χ1n) is 9.26. The number of nitrogens with zero attached hydrogens (tertiary/aromatic N) is 3. The van der Waals surface area contributed by atoms with Crippen molar-refractivity contribution in [2.24, 2.45) is 5.92 Å². The van der Waals surface area contributed by atoms with E-state index < -0.39 is 0 Å². The van der Waals surface area contributed by atoms with Gasteiger partial charge in [0.15, 0.2) is 4.96 Å². The number of imidazole rings is 1. The predicted octanol–water partition coefficient (Wildman–Crippen LogP) is 3.62. The Morgan fingerprint density at radius 2 is 2.04 bits per heavy atom. The molecule has 2 aromatic heterocycles. The van der Waals surface area contributed by atoms with Gasteiger partial charge in [0.05, 0.1) is 18.2 Å². The smallest absolute Gasteiger partial charge is 0.309 e. The van der Waals surface area contributed by atoms with Crippen molar-refractivity contribution in [3.8, 4) is 11.3 Å². The van der Waals surface area contributed by atoms with E-state index in [0.29, 0.717) is 54.5 Å². The van der Waals surface area contributed by atoms with Gasteiger partial charge in [0.25, 0.3) is 5.91 Å². The van der Waals surface area contributed by atoms with Crippen LogP contribution in [-0.4, -0.2) is 45.9 Å². The van der Waals surface area contributed by atoms with Crippen molar-refractivity contribution < 1.29 is 18.7 Å². The number of carbonyl (C=O) groups excluding carboxylic acids is 2. The lowest BCUT2D eigenvalue weighted by atomic mass is 9.97. The molecule has 0 bridgehead atoms. The molecule has 3 aromatic rings. The van der Waals surface area contributed by atoms with Crippen molar-refractivity contribution >= 4 is 28.2 Å². The summed E-state index contributed by atoms with van der Waals surface area (Å²) in [5.74, 6) is -0.780. The quantitative estimate of drug-likeness (QED) is 0.627. The number of benzene rings is 1. The zero-order chi connectivity index (χ0) is 19.7. The Labute approximate surface area is 165 Å². The highest BCUT2D eigenvalue weighted by Gasteiger charge is 2.30. The SMILES string of the molecule is CCOC(=O)C1CCN(C(=O)c2csc3nc(-c4ccccc4F)cn23)CC1. The van der Waals surface area contributed by atoms with Crippen LogP contribution < -0.4 is 0 Å². The molecule has 0 atom stereocenters. The second kappa shape index (κ2) is 7.71. The molecule has 0 unspecified atom stereocenters. The summed E-state index contributed by atoms with van der Waals surface area (Å²) >= 11 is 1.35. The highest BCUT2D eigenvalue weighted by Crippen LogP contribution is 2.27. The number of esters is 1. The van der Waals surface area contributed by atoms with Crippen molar-refractivity contribution in [2.45, 2.75) is 19.8 Å². The number of rotatable bonds is 4. The molecule has 28 heavy (non-hydrogen) atoms. The maximum atomic E-state index is 14.1. The van der Waals surface area contributed by atoms with Crippen molar-refractivity contribution in [1.29, 1.82) is 0 Å². The van der Waals surface area contributed by atoms with Gasteiger partial charge in [0, 0.05) is 30.2 Å². The number of aromatic nitrogens is 2. The van der Waals surface area contributed by atoms with Gasteiger partial charge < -0.3 is 9.64 Å². The molecule has 0 aliphatic carbocycles. The fourth-order valence-electron chi connectivity index (χ4n) is 3.48. The minimum atomic E-state index is -0.345. The Kier molecular flexibility index (Phi) is 5.13. The van der Waals surface area contributed by atoms with Crippen LogP contribution in [0.4, 0.5) is 4.39 Å².